The Balaban J connectivity index is 1.94. The Bertz CT molecular complexity index is 552. The molecule has 2 aliphatic heterocycles. The second kappa shape index (κ2) is 3.18. The van der Waals surface area contributed by atoms with Gasteiger partial charge >= 0.3 is 0 Å². The maximum Gasteiger partial charge on any atom is 0.256 e. The molecule has 3 heterocycles. The number of hydrogen-bond donors (Lipinski definition) is 0. The van der Waals surface area contributed by atoms with Crippen molar-refractivity contribution in [3.05, 3.63) is 54.1 Å². The van der Waals surface area contributed by atoms with E-state index in [4.69, 9.17) is 9.47 Å². The van der Waals surface area contributed by atoms with Gasteiger partial charge in [-0.2, -0.15) is 0 Å². The molecule has 0 saturated carbocycles. The van der Waals surface area contributed by atoms with Crippen LogP contribution in [0.1, 0.15) is 11.4 Å². The highest BCUT2D eigenvalue weighted by molar-refractivity contribution is 5.29. The lowest BCUT2D eigenvalue weighted by atomic mass is 10.0. The molecule has 2 bridgehead atoms. The molecule has 86 valence electrons. The molecule has 0 spiro atoms. The number of rotatable bonds is 1. The molecular weight excluding hydrogens is 216 g/mol. The summed E-state index contributed by atoms with van der Waals surface area (Å²) in [4.78, 5) is 4.40. The first-order chi connectivity index (χ1) is 8.38. The maximum absolute atomic E-state index is 6.05. The minimum Gasteiger partial charge on any atom is -0.337 e. The van der Waals surface area contributed by atoms with Crippen molar-refractivity contribution in [1.29, 1.82) is 0 Å². The van der Waals surface area contributed by atoms with E-state index in [0.29, 0.717) is 6.61 Å². The third kappa shape index (κ3) is 1.16. The van der Waals surface area contributed by atoms with Gasteiger partial charge in [-0.3, -0.25) is 0 Å². The van der Waals surface area contributed by atoms with Crippen molar-refractivity contribution in [2.75, 3.05) is 6.61 Å². The second-order valence-corrected chi connectivity index (χ2v) is 4.44. The summed E-state index contributed by atoms with van der Waals surface area (Å²) in [6.45, 7) is 1.45. The topological polar surface area (TPSA) is 36.3 Å². The van der Waals surface area contributed by atoms with Gasteiger partial charge < -0.3 is 14.0 Å². The van der Waals surface area contributed by atoms with Gasteiger partial charge in [-0.1, -0.05) is 30.3 Å². The number of hydrogen-bond acceptors (Lipinski definition) is 3. The molecule has 0 unspecified atom stereocenters. The summed E-state index contributed by atoms with van der Waals surface area (Å²) in [5.41, 5.74) is 1.01. The summed E-state index contributed by atoms with van der Waals surface area (Å²) in [5.74, 6) is 0.0469. The third-order valence-corrected chi connectivity index (χ3v) is 3.37. The van der Waals surface area contributed by atoms with Crippen LogP contribution in [0.15, 0.2) is 42.7 Å². The molecule has 1 aromatic heterocycles. The Morgan fingerprint density at radius 2 is 2.18 bits per heavy atom. The Morgan fingerprint density at radius 1 is 1.29 bits per heavy atom. The molecule has 0 N–H and O–H groups in total. The maximum atomic E-state index is 6.05. The SMILES string of the molecule is c1ccc([C@@]23OC[C@@H](Cn4ccnc42)O3)cc1. The summed E-state index contributed by atoms with van der Waals surface area (Å²) in [5, 5.41) is 0. The molecule has 1 saturated heterocycles. The summed E-state index contributed by atoms with van der Waals surface area (Å²) >= 11 is 0. The molecule has 2 aromatic rings. The molecule has 2 atom stereocenters. The van der Waals surface area contributed by atoms with Crippen LogP contribution in [0.5, 0.6) is 0 Å². The Morgan fingerprint density at radius 3 is 3.06 bits per heavy atom. The monoisotopic (exact) mass is 228 g/mol. The number of aromatic nitrogens is 2. The lowest BCUT2D eigenvalue weighted by Gasteiger charge is -2.32. The Kier molecular flexibility index (Phi) is 1.76. The van der Waals surface area contributed by atoms with E-state index in [0.717, 1.165) is 17.9 Å². The highest BCUT2D eigenvalue weighted by Gasteiger charge is 2.51. The lowest BCUT2D eigenvalue weighted by Crippen LogP contribution is -2.38. The van der Waals surface area contributed by atoms with Crippen molar-refractivity contribution < 1.29 is 9.47 Å². The highest BCUT2D eigenvalue weighted by atomic mass is 16.7. The lowest BCUT2D eigenvalue weighted by molar-refractivity contribution is -0.163. The van der Waals surface area contributed by atoms with Gasteiger partial charge in [-0.05, 0) is 0 Å². The fourth-order valence-corrected chi connectivity index (χ4v) is 2.63. The van der Waals surface area contributed by atoms with E-state index in [9.17, 15) is 0 Å². The van der Waals surface area contributed by atoms with Crippen LogP contribution in [0.4, 0.5) is 0 Å². The zero-order chi connectivity index (χ0) is 11.3. The fourth-order valence-electron chi connectivity index (χ4n) is 2.63. The van der Waals surface area contributed by atoms with Crippen molar-refractivity contribution in [3.8, 4) is 0 Å². The minimum absolute atomic E-state index is 0.122. The first-order valence-corrected chi connectivity index (χ1v) is 5.77. The zero-order valence-electron chi connectivity index (χ0n) is 9.24. The van der Waals surface area contributed by atoms with E-state index in [1.54, 1.807) is 6.20 Å². The molecule has 0 radical (unpaired) electrons. The summed E-state index contributed by atoms with van der Waals surface area (Å²) in [6.07, 6.45) is 3.90. The normalized spacial score (nSPS) is 30.2. The predicted molar refractivity (Wildman–Crippen MR) is 60.3 cm³/mol. The van der Waals surface area contributed by atoms with Crippen LogP contribution in [-0.2, 0) is 21.8 Å². The van der Waals surface area contributed by atoms with Crippen LogP contribution in [0, 0.1) is 0 Å². The fraction of sp³-hybridized carbons (Fsp3) is 0.308. The second-order valence-electron chi connectivity index (χ2n) is 4.44. The van der Waals surface area contributed by atoms with Gasteiger partial charge in [-0.25, -0.2) is 4.98 Å². The standard InChI is InChI=1S/C13H12N2O2/c1-2-4-10(5-3-1)13-12-14-6-7-15(12)8-11(17-13)9-16-13/h1-7,11H,8-9H2/t11-,13+/m1/s1. The number of ether oxygens (including phenoxy) is 2. The molecular formula is C13H12N2O2. The van der Waals surface area contributed by atoms with Crippen molar-refractivity contribution in [3.63, 3.8) is 0 Å². The molecule has 0 amide bonds. The molecule has 17 heavy (non-hydrogen) atoms. The minimum atomic E-state index is -0.798. The van der Waals surface area contributed by atoms with Crippen molar-refractivity contribution in [1.82, 2.24) is 9.55 Å². The predicted octanol–water partition coefficient (Wildman–Crippen LogP) is 1.51. The largest absolute Gasteiger partial charge is 0.337 e. The average Bonchev–Trinajstić information content (AvgIpc) is 2.98. The van der Waals surface area contributed by atoms with Crippen molar-refractivity contribution >= 4 is 0 Å². The molecule has 1 aromatic carbocycles. The summed E-state index contributed by atoms with van der Waals surface area (Å²) in [6, 6.07) is 10.0. The zero-order valence-corrected chi connectivity index (χ0v) is 9.24. The van der Waals surface area contributed by atoms with Crippen molar-refractivity contribution in [2.24, 2.45) is 0 Å². The number of fused-ring (bicyclic) bond motifs is 4. The van der Waals surface area contributed by atoms with E-state index < -0.39 is 5.79 Å². The molecule has 4 heteroatoms. The Hall–Kier alpha value is -1.65. The van der Waals surface area contributed by atoms with E-state index in [-0.39, 0.29) is 6.10 Å². The number of benzene rings is 1. The van der Waals surface area contributed by atoms with Crippen LogP contribution in [-0.4, -0.2) is 22.3 Å². The first-order valence-electron chi connectivity index (χ1n) is 5.77. The van der Waals surface area contributed by atoms with E-state index in [1.165, 1.54) is 0 Å². The molecule has 4 nitrogen and oxygen atoms in total. The molecule has 4 rings (SSSR count). The van der Waals surface area contributed by atoms with Gasteiger partial charge in [0.1, 0.15) is 6.10 Å². The van der Waals surface area contributed by atoms with Crippen LogP contribution < -0.4 is 0 Å². The highest BCUT2D eigenvalue weighted by Crippen LogP contribution is 2.42. The van der Waals surface area contributed by atoms with E-state index in [2.05, 4.69) is 9.55 Å². The number of nitrogens with zero attached hydrogens (tertiary/aromatic N) is 2. The molecule has 2 aliphatic rings. The van der Waals surface area contributed by atoms with Gasteiger partial charge in [0.25, 0.3) is 5.79 Å². The van der Waals surface area contributed by atoms with E-state index >= 15 is 0 Å². The van der Waals surface area contributed by atoms with Crippen LogP contribution >= 0.6 is 0 Å². The average molecular weight is 228 g/mol. The summed E-state index contributed by atoms with van der Waals surface area (Å²) < 4.78 is 14.1. The molecule has 1 fully saturated rings. The number of imidazole rings is 1. The quantitative estimate of drug-likeness (QED) is 0.742. The first kappa shape index (κ1) is 9.39. The third-order valence-electron chi connectivity index (χ3n) is 3.37. The smallest absolute Gasteiger partial charge is 0.256 e. The van der Waals surface area contributed by atoms with Crippen LogP contribution in [0.3, 0.4) is 0 Å². The molecule has 0 aliphatic carbocycles. The van der Waals surface area contributed by atoms with Crippen LogP contribution in [0.25, 0.3) is 0 Å². The van der Waals surface area contributed by atoms with Gasteiger partial charge in [0.2, 0.25) is 0 Å². The van der Waals surface area contributed by atoms with Gasteiger partial charge in [0, 0.05) is 18.0 Å². The van der Waals surface area contributed by atoms with Gasteiger partial charge in [0.05, 0.1) is 13.2 Å². The Labute approximate surface area is 98.8 Å². The van der Waals surface area contributed by atoms with Gasteiger partial charge in [0.15, 0.2) is 5.82 Å². The van der Waals surface area contributed by atoms with Gasteiger partial charge in [-0.15, -0.1) is 0 Å². The van der Waals surface area contributed by atoms with E-state index in [1.807, 2.05) is 36.5 Å². The summed E-state index contributed by atoms with van der Waals surface area (Å²) in [7, 11) is 0. The van der Waals surface area contributed by atoms with Crippen LogP contribution in [0.2, 0.25) is 0 Å². The van der Waals surface area contributed by atoms with Crippen molar-refractivity contribution in [2.45, 2.75) is 18.4 Å².